The van der Waals surface area contributed by atoms with Crippen molar-refractivity contribution in [3.63, 3.8) is 0 Å². The van der Waals surface area contributed by atoms with Gasteiger partial charge in [-0.05, 0) is 19.4 Å². The standard InChI is InChI=1S/C17H21N3O2/c1-12-16(13(2)19(3)18-12)17(21)20-9-10-22-15(11-20)14-7-5-4-6-8-14/h4-8,15H,9-11H2,1-3H3/t15-/m1/s1. The first kappa shape index (κ1) is 14.8. The van der Waals surface area contributed by atoms with E-state index >= 15 is 0 Å². The second-order valence-corrected chi connectivity index (χ2v) is 5.69. The Morgan fingerprint density at radius 2 is 2.00 bits per heavy atom. The van der Waals surface area contributed by atoms with Crippen molar-refractivity contribution in [1.29, 1.82) is 0 Å². The van der Waals surface area contributed by atoms with E-state index in [4.69, 9.17) is 4.74 Å². The number of hydrogen-bond donors (Lipinski definition) is 0. The molecular weight excluding hydrogens is 278 g/mol. The molecule has 0 unspecified atom stereocenters. The molecule has 5 nitrogen and oxygen atoms in total. The van der Waals surface area contributed by atoms with Gasteiger partial charge in [0.1, 0.15) is 6.10 Å². The van der Waals surface area contributed by atoms with Gasteiger partial charge >= 0.3 is 0 Å². The molecule has 0 radical (unpaired) electrons. The zero-order valence-electron chi connectivity index (χ0n) is 13.2. The summed E-state index contributed by atoms with van der Waals surface area (Å²) >= 11 is 0. The Hall–Kier alpha value is -2.14. The number of carbonyl (C=O) groups is 1. The SMILES string of the molecule is Cc1nn(C)c(C)c1C(=O)N1CCO[C@@H](c2ccccc2)C1. The first-order valence-corrected chi connectivity index (χ1v) is 7.54. The van der Waals surface area contributed by atoms with Gasteiger partial charge in [0.05, 0.1) is 24.4 Å². The van der Waals surface area contributed by atoms with Crippen molar-refractivity contribution < 1.29 is 9.53 Å². The Bertz CT molecular complexity index is 679. The molecule has 1 aliphatic rings. The van der Waals surface area contributed by atoms with Crippen molar-refractivity contribution in [3.8, 4) is 0 Å². The average Bonchev–Trinajstić information content (AvgIpc) is 2.80. The second-order valence-electron chi connectivity index (χ2n) is 5.69. The van der Waals surface area contributed by atoms with E-state index in [0.717, 1.165) is 22.5 Å². The smallest absolute Gasteiger partial charge is 0.257 e. The fourth-order valence-corrected chi connectivity index (χ4v) is 2.94. The maximum atomic E-state index is 12.8. The number of rotatable bonds is 2. The third-order valence-corrected chi connectivity index (χ3v) is 4.25. The lowest BCUT2D eigenvalue weighted by Crippen LogP contribution is -2.42. The minimum absolute atomic E-state index is 0.0485. The number of amides is 1. The van der Waals surface area contributed by atoms with Crippen LogP contribution in [-0.2, 0) is 11.8 Å². The number of aryl methyl sites for hydroxylation is 2. The fraction of sp³-hybridized carbons (Fsp3) is 0.412. The van der Waals surface area contributed by atoms with Gasteiger partial charge in [0.25, 0.3) is 5.91 Å². The molecule has 1 atom stereocenters. The summed E-state index contributed by atoms with van der Waals surface area (Å²) < 4.78 is 7.59. The molecule has 1 fully saturated rings. The molecule has 0 aliphatic carbocycles. The van der Waals surface area contributed by atoms with Crippen molar-refractivity contribution in [2.75, 3.05) is 19.7 Å². The van der Waals surface area contributed by atoms with Crippen LogP contribution in [0.25, 0.3) is 0 Å². The van der Waals surface area contributed by atoms with E-state index in [1.165, 1.54) is 0 Å². The van der Waals surface area contributed by atoms with Gasteiger partial charge in [-0.15, -0.1) is 0 Å². The molecule has 1 saturated heterocycles. The van der Waals surface area contributed by atoms with Gasteiger partial charge in [-0.2, -0.15) is 5.10 Å². The summed E-state index contributed by atoms with van der Waals surface area (Å²) in [7, 11) is 1.87. The van der Waals surface area contributed by atoms with Crippen molar-refractivity contribution in [1.82, 2.24) is 14.7 Å². The lowest BCUT2D eigenvalue weighted by molar-refractivity contribution is -0.0228. The van der Waals surface area contributed by atoms with Crippen LogP contribution in [0.2, 0.25) is 0 Å². The molecule has 1 aromatic heterocycles. The van der Waals surface area contributed by atoms with Crippen molar-refractivity contribution >= 4 is 5.91 Å². The lowest BCUT2D eigenvalue weighted by atomic mass is 10.1. The Morgan fingerprint density at radius 3 is 2.64 bits per heavy atom. The van der Waals surface area contributed by atoms with Crippen molar-refractivity contribution in [3.05, 3.63) is 52.8 Å². The number of hydrogen-bond acceptors (Lipinski definition) is 3. The molecule has 2 aromatic rings. The molecule has 116 valence electrons. The molecule has 0 spiro atoms. The van der Waals surface area contributed by atoms with Gasteiger partial charge in [-0.3, -0.25) is 9.48 Å². The van der Waals surface area contributed by atoms with Crippen LogP contribution in [-0.4, -0.2) is 40.3 Å². The van der Waals surface area contributed by atoms with Crippen molar-refractivity contribution in [2.24, 2.45) is 7.05 Å². The first-order valence-electron chi connectivity index (χ1n) is 7.54. The topological polar surface area (TPSA) is 47.4 Å². The zero-order valence-corrected chi connectivity index (χ0v) is 13.2. The molecule has 3 rings (SSSR count). The van der Waals surface area contributed by atoms with E-state index in [1.54, 1.807) is 4.68 Å². The monoisotopic (exact) mass is 299 g/mol. The summed E-state index contributed by atoms with van der Waals surface area (Å²) in [5, 5.41) is 4.34. The number of morpholine rings is 1. The highest BCUT2D eigenvalue weighted by molar-refractivity contribution is 5.96. The second kappa shape index (κ2) is 5.93. The van der Waals surface area contributed by atoms with Gasteiger partial charge in [0.15, 0.2) is 0 Å². The first-order chi connectivity index (χ1) is 10.6. The molecule has 1 aliphatic heterocycles. The van der Waals surface area contributed by atoms with E-state index in [1.807, 2.05) is 56.1 Å². The van der Waals surface area contributed by atoms with Crippen molar-refractivity contribution in [2.45, 2.75) is 20.0 Å². The molecule has 1 amide bonds. The summed E-state index contributed by atoms with van der Waals surface area (Å²) in [6, 6.07) is 10.1. The largest absolute Gasteiger partial charge is 0.370 e. The van der Waals surface area contributed by atoms with Crippen LogP contribution in [0.5, 0.6) is 0 Å². The van der Waals surface area contributed by atoms with Crippen LogP contribution in [0.1, 0.15) is 33.4 Å². The molecule has 0 bridgehead atoms. The van der Waals surface area contributed by atoms with Crippen LogP contribution < -0.4 is 0 Å². The van der Waals surface area contributed by atoms with Gasteiger partial charge in [-0.25, -0.2) is 0 Å². The Labute approximate surface area is 130 Å². The Kier molecular flexibility index (Phi) is 3.98. The summed E-state index contributed by atoms with van der Waals surface area (Å²) in [6.45, 7) is 5.58. The highest BCUT2D eigenvalue weighted by atomic mass is 16.5. The fourth-order valence-electron chi connectivity index (χ4n) is 2.94. The summed E-state index contributed by atoms with van der Waals surface area (Å²) in [4.78, 5) is 14.7. The van der Waals surface area contributed by atoms with Crippen LogP contribution in [0.3, 0.4) is 0 Å². The highest BCUT2D eigenvalue weighted by Crippen LogP contribution is 2.24. The summed E-state index contributed by atoms with van der Waals surface area (Å²) in [5.41, 5.74) is 3.52. The number of aromatic nitrogens is 2. The summed E-state index contributed by atoms with van der Waals surface area (Å²) in [6.07, 6.45) is -0.0591. The molecular formula is C17H21N3O2. The predicted octanol–water partition coefficient (Wildman–Crippen LogP) is 2.25. The van der Waals surface area contributed by atoms with E-state index in [0.29, 0.717) is 19.7 Å². The quantitative estimate of drug-likeness (QED) is 0.854. The molecule has 0 saturated carbocycles. The normalized spacial score (nSPS) is 18.5. The number of nitrogens with zero attached hydrogens (tertiary/aromatic N) is 3. The van der Waals surface area contributed by atoms with E-state index < -0.39 is 0 Å². The van der Waals surface area contributed by atoms with Gasteiger partial charge < -0.3 is 9.64 Å². The highest BCUT2D eigenvalue weighted by Gasteiger charge is 2.29. The van der Waals surface area contributed by atoms with Gasteiger partial charge in [-0.1, -0.05) is 30.3 Å². The maximum absolute atomic E-state index is 12.8. The Balaban J connectivity index is 1.81. The lowest BCUT2D eigenvalue weighted by Gasteiger charge is -2.33. The van der Waals surface area contributed by atoms with E-state index in [9.17, 15) is 4.79 Å². The Morgan fingerprint density at radius 1 is 1.27 bits per heavy atom. The van der Waals surface area contributed by atoms with E-state index in [-0.39, 0.29) is 12.0 Å². The minimum Gasteiger partial charge on any atom is -0.370 e. The van der Waals surface area contributed by atoms with Crippen LogP contribution in [0, 0.1) is 13.8 Å². The average molecular weight is 299 g/mol. The number of ether oxygens (including phenoxy) is 1. The van der Waals surface area contributed by atoms with E-state index in [2.05, 4.69) is 5.10 Å². The summed E-state index contributed by atoms with van der Waals surface area (Å²) in [5.74, 6) is 0.0485. The number of carbonyl (C=O) groups excluding carboxylic acids is 1. The van der Waals surface area contributed by atoms with Gasteiger partial charge in [0, 0.05) is 19.3 Å². The molecule has 0 N–H and O–H groups in total. The predicted molar refractivity (Wildman–Crippen MR) is 83.7 cm³/mol. The third kappa shape index (κ3) is 2.64. The van der Waals surface area contributed by atoms with Crippen LogP contribution >= 0.6 is 0 Å². The van der Waals surface area contributed by atoms with Crippen LogP contribution in [0.15, 0.2) is 30.3 Å². The molecule has 2 heterocycles. The maximum Gasteiger partial charge on any atom is 0.257 e. The molecule has 1 aromatic carbocycles. The zero-order chi connectivity index (χ0) is 15.7. The van der Waals surface area contributed by atoms with Gasteiger partial charge in [0.2, 0.25) is 0 Å². The molecule has 22 heavy (non-hydrogen) atoms. The third-order valence-electron chi connectivity index (χ3n) is 4.25. The number of benzene rings is 1. The van der Waals surface area contributed by atoms with Crippen LogP contribution in [0.4, 0.5) is 0 Å². The molecule has 5 heteroatoms. The minimum atomic E-state index is -0.0591.